The van der Waals surface area contributed by atoms with Crippen molar-refractivity contribution < 1.29 is 31.1 Å². The summed E-state index contributed by atoms with van der Waals surface area (Å²) in [6, 6.07) is 11.7. The van der Waals surface area contributed by atoms with Crippen LogP contribution in [0.15, 0.2) is 73.1 Å². The Kier molecular flexibility index (Phi) is 6.55. The molecule has 0 radical (unpaired) electrons. The zero-order chi connectivity index (χ0) is 25.4. The average molecular weight is 509 g/mol. The Bertz CT molecular complexity index is 1380. The van der Waals surface area contributed by atoms with E-state index in [0.29, 0.717) is 15.9 Å². The Balaban J connectivity index is 1.78. The van der Waals surface area contributed by atoms with Crippen molar-refractivity contribution in [1.82, 2.24) is 9.97 Å². The second kappa shape index (κ2) is 9.30. The minimum atomic E-state index is -4.78. The molecule has 0 amide bonds. The highest BCUT2D eigenvalue weighted by molar-refractivity contribution is 6.35. The van der Waals surface area contributed by atoms with E-state index >= 15 is 0 Å². The Hall–Kier alpha value is -3.46. The van der Waals surface area contributed by atoms with Crippen LogP contribution in [0.4, 0.5) is 26.3 Å². The first-order valence-electron chi connectivity index (χ1n) is 10.2. The Morgan fingerprint density at radius 3 is 2.23 bits per heavy atom. The molecule has 0 bridgehead atoms. The normalized spacial score (nSPS) is 13.1. The number of hydrogen-bond donors (Lipinski definition) is 0. The maximum absolute atomic E-state index is 13.7. The zero-order valence-corrected chi connectivity index (χ0v) is 18.4. The lowest BCUT2D eigenvalue weighted by molar-refractivity contribution is -0.139. The van der Waals surface area contributed by atoms with Crippen LogP contribution >= 0.6 is 11.6 Å². The van der Waals surface area contributed by atoms with Gasteiger partial charge in [-0.3, -0.25) is 14.8 Å². The van der Waals surface area contributed by atoms with Crippen LogP contribution in [0.2, 0.25) is 5.02 Å². The van der Waals surface area contributed by atoms with Gasteiger partial charge in [0.15, 0.2) is 5.78 Å². The molecule has 0 saturated heterocycles. The summed E-state index contributed by atoms with van der Waals surface area (Å²) in [5, 5.41) is 0.827. The van der Waals surface area contributed by atoms with Crippen molar-refractivity contribution in [2.24, 2.45) is 0 Å². The van der Waals surface area contributed by atoms with Gasteiger partial charge in [-0.25, -0.2) is 0 Å². The number of benzene rings is 2. The number of alkyl halides is 6. The molecule has 4 aromatic rings. The number of hydrogen-bond acceptors (Lipinski definition) is 3. The molecule has 4 rings (SSSR count). The van der Waals surface area contributed by atoms with E-state index in [1.165, 1.54) is 24.4 Å². The van der Waals surface area contributed by atoms with E-state index < -0.39 is 47.3 Å². The molecule has 0 N–H and O–H groups in total. The van der Waals surface area contributed by atoms with Gasteiger partial charge in [0.05, 0.1) is 27.4 Å². The summed E-state index contributed by atoms with van der Waals surface area (Å²) in [4.78, 5) is 21.2. The number of halogens is 7. The number of carbonyl (C=O) groups excluding carboxylic acids is 1. The van der Waals surface area contributed by atoms with Crippen molar-refractivity contribution in [1.29, 1.82) is 0 Å². The Morgan fingerprint density at radius 2 is 1.57 bits per heavy atom. The highest BCUT2D eigenvalue weighted by Gasteiger charge is 2.37. The van der Waals surface area contributed by atoms with Gasteiger partial charge in [0.25, 0.3) is 0 Å². The van der Waals surface area contributed by atoms with Gasteiger partial charge in [0.2, 0.25) is 0 Å². The molecule has 2 aromatic carbocycles. The second-order valence-electron chi connectivity index (χ2n) is 7.76. The number of ketones is 1. The minimum Gasteiger partial charge on any atom is -0.294 e. The van der Waals surface area contributed by atoms with Crippen molar-refractivity contribution in [3.05, 3.63) is 106 Å². The smallest absolute Gasteiger partial charge is 0.294 e. The van der Waals surface area contributed by atoms with E-state index in [0.717, 1.165) is 42.6 Å². The highest BCUT2D eigenvalue weighted by Crippen LogP contribution is 2.39. The van der Waals surface area contributed by atoms with Crippen molar-refractivity contribution in [2.75, 3.05) is 0 Å². The van der Waals surface area contributed by atoms with Gasteiger partial charge < -0.3 is 0 Å². The molecular formula is C25H15ClF6N2O. The molecule has 1 atom stereocenters. The van der Waals surface area contributed by atoms with Gasteiger partial charge in [0.1, 0.15) is 0 Å². The largest absolute Gasteiger partial charge is 0.418 e. The van der Waals surface area contributed by atoms with Gasteiger partial charge in [-0.1, -0.05) is 23.7 Å². The third-order valence-electron chi connectivity index (χ3n) is 5.51. The maximum Gasteiger partial charge on any atom is 0.418 e. The van der Waals surface area contributed by atoms with E-state index in [1.54, 1.807) is 6.07 Å². The van der Waals surface area contributed by atoms with Crippen LogP contribution in [0, 0.1) is 0 Å². The van der Waals surface area contributed by atoms with Crippen LogP contribution in [0.1, 0.15) is 45.1 Å². The quantitative estimate of drug-likeness (QED) is 0.205. The first-order valence-corrected chi connectivity index (χ1v) is 10.6. The molecule has 2 aromatic heterocycles. The molecule has 0 unspecified atom stereocenters. The lowest BCUT2D eigenvalue weighted by Crippen LogP contribution is -2.17. The van der Waals surface area contributed by atoms with E-state index in [-0.39, 0.29) is 11.1 Å². The lowest BCUT2D eigenvalue weighted by Gasteiger charge is -2.21. The summed E-state index contributed by atoms with van der Waals surface area (Å²) in [6.45, 7) is 0. The fourth-order valence-corrected chi connectivity index (χ4v) is 4.01. The Morgan fingerprint density at radius 1 is 0.857 bits per heavy atom. The van der Waals surface area contributed by atoms with Crippen LogP contribution in [0.5, 0.6) is 0 Å². The lowest BCUT2D eigenvalue weighted by atomic mass is 9.86. The predicted molar refractivity (Wildman–Crippen MR) is 118 cm³/mol. The van der Waals surface area contributed by atoms with Crippen molar-refractivity contribution >= 4 is 28.3 Å². The van der Waals surface area contributed by atoms with Crippen LogP contribution in [-0.2, 0) is 12.4 Å². The monoisotopic (exact) mass is 508 g/mol. The van der Waals surface area contributed by atoms with Crippen molar-refractivity contribution in [3.8, 4) is 0 Å². The summed E-state index contributed by atoms with van der Waals surface area (Å²) in [6.07, 6.45) is -7.22. The SMILES string of the molecule is O=C(C[C@@H](c1ccc(C(F)(F)F)cc1)c1ncccc1C(F)(F)F)c1ccc2nccc(Cl)c2c1. The fraction of sp³-hybridized carbons (Fsp3) is 0.160. The topological polar surface area (TPSA) is 42.9 Å². The third kappa shape index (κ3) is 5.30. The van der Waals surface area contributed by atoms with Gasteiger partial charge in [-0.2, -0.15) is 26.3 Å². The number of rotatable bonds is 5. The van der Waals surface area contributed by atoms with Crippen LogP contribution in [0.3, 0.4) is 0 Å². The van der Waals surface area contributed by atoms with Gasteiger partial charge >= 0.3 is 12.4 Å². The molecule has 2 heterocycles. The van der Waals surface area contributed by atoms with E-state index in [9.17, 15) is 31.1 Å². The number of Topliss-reactive ketones (excluding diaryl/α,β-unsaturated/α-hetero) is 1. The molecule has 3 nitrogen and oxygen atoms in total. The van der Waals surface area contributed by atoms with Crippen molar-refractivity contribution in [2.45, 2.75) is 24.7 Å². The summed E-state index contributed by atoms with van der Waals surface area (Å²) < 4.78 is 80.3. The minimum absolute atomic E-state index is 0.0936. The second-order valence-corrected chi connectivity index (χ2v) is 8.17. The fourth-order valence-electron chi connectivity index (χ4n) is 3.80. The van der Waals surface area contributed by atoms with Gasteiger partial charge in [-0.15, -0.1) is 0 Å². The number of pyridine rings is 2. The maximum atomic E-state index is 13.7. The molecule has 35 heavy (non-hydrogen) atoms. The van der Waals surface area contributed by atoms with E-state index in [1.807, 2.05) is 0 Å². The number of fused-ring (bicyclic) bond motifs is 1. The first-order chi connectivity index (χ1) is 16.4. The third-order valence-corrected chi connectivity index (χ3v) is 5.84. The number of carbonyl (C=O) groups is 1. The molecule has 0 aliphatic rings. The van der Waals surface area contributed by atoms with Crippen LogP contribution < -0.4 is 0 Å². The van der Waals surface area contributed by atoms with Crippen LogP contribution in [-0.4, -0.2) is 15.8 Å². The Labute approximate surface area is 200 Å². The molecule has 10 heteroatoms. The first kappa shape index (κ1) is 24.7. The number of aromatic nitrogens is 2. The summed E-state index contributed by atoms with van der Waals surface area (Å²) in [5.74, 6) is -1.78. The van der Waals surface area contributed by atoms with Crippen LogP contribution in [0.25, 0.3) is 10.9 Å². The molecule has 0 spiro atoms. The standard InChI is InChI=1S/C25H15ClF6N2O/c26-20-9-11-33-21-8-5-15(12-18(20)21)22(35)13-17(14-3-6-16(7-4-14)24(27,28)29)23-19(25(30,31)32)2-1-10-34-23/h1-12,17H,13H2/t17-/m0/s1. The van der Waals surface area contributed by atoms with E-state index in [4.69, 9.17) is 11.6 Å². The predicted octanol–water partition coefficient (Wildman–Crippen LogP) is 7.73. The highest BCUT2D eigenvalue weighted by atomic mass is 35.5. The summed E-state index contributed by atoms with van der Waals surface area (Å²) >= 11 is 6.18. The average Bonchev–Trinajstić information content (AvgIpc) is 2.81. The molecule has 0 aliphatic heterocycles. The summed E-state index contributed by atoms with van der Waals surface area (Å²) in [7, 11) is 0. The molecule has 0 fully saturated rings. The summed E-state index contributed by atoms with van der Waals surface area (Å²) in [5.41, 5.74) is -1.68. The van der Waals surface area contributed by atoms with Gasteiger partial charge in [0, 0.05) is 35.7 Å². The number of nitrogens with zero attached hydrogens (tertiary/aromatic N) is 2. The van der Waals surface area contributed by atoms with Crippen molar-refractivity contribution in [3.63, 3.8) is 0 Å². The molecular weight excluding hydrogens is 494 g/mol. The van der Waals surface area contributed by atoms with E-state index in [2.05, 4.69) is 9.97 Å². The molecule has 0 saturated carbocycles. The zero-order valence-electron chi connectivity index (χ0n) is 17.7. The molecule has 0 aliphatic carbocycles. The molecule has 180 valence electrons. The van der Waals surface area contributed by atoms with Gasteiger partial charge in [-0.05, 0) is 54.1 Å².